The van der Waals surface area contributed by atoms with Crippen molar-refractivity contribution < 1.29 is 9.21 Å². The highest BCUT2D eigenvalue weighted by Gasteiger charge is 2.13. The highest BCUT2D eigenvalue weighted by atomic mass is 16.3. The molecule has 1 rings (SSSR count). The lowest BCUT2D eigenvalue weighted by Gasteiger charge is -2.24. The lowest BCUT2D eigenvalue weighted by Crippen LogP contribution is -2.33. The van der Waals surface area contributed by atoms with Gasteiger partial charge in [0.05, 0.1) is 6.26 Å². The third-order valence-corrected chi connectivity index (χ3v) is 3.26. The van der Waals surface area contributed by atoms with Gasteiger partial charge in [0.2, 0.25) is 5.91 Å². The average Bonchev–Trinajstić information content (AvgIpc) is 2.90. The van der Waals surface area contributed by atoms with E-state index in [9.17, 15) is 4.79 Å². The van der Waals surface area contributed by atoms with E-state index in [2.05, 4.69) is 13.8 Å². The van der Waals surface area contributed by atoms with Crippen molar-refractivity contribution in [3.8, 4) is 0 Å². The second-order valence-electron chi connectivity index (χ2n) is 4.41. The van der Waals surface area contributed by atoms with E-state index in [0.717, 1.165) is 25.9 Å². The Hall–Kier alpha value is -1.51. The molecule has 3 heteroatoms. The van der Waals surface area contributed by atoms with Crippen LogP contribution in [0.5, 0.6) is 0 Å². The first-order valence-electron chi connectivity index (χ1n) is 6.71. The molecule has 1 heterocycles. The van der Waals surface area contributed by atoms with E-state index in [1.54, 1.807) is 18.4 Å². The Morgan fingerprint density at radius 2 is 2.11 bits per heavy atom. The Morgan fingerprint density at radius 1 is 1.39 bits per heavy atom. The van der Waals surface area contributed by atoms with Gasteiger partial charge in [-0.05, 0) is 31.1 Å². The van der Waals surface area contributed by atoms with Crippen molar-refractivity contribution in [3.05, 3.63) is 30.2 Å². The van der Waals surface area contributed by atoms with Gasteiger partial charge in [-0.25, -0.2) is 0 Å². The maximum absolute atomic E-state index is 12.0. The zero-order chi connectivity index (χ0) is 13.4. The summed E-state index contributed by atoms with van der Waals surface area (Å²) in [6.07, 6.45) is 7.14. The fourth-order valence-corrected chi connectivity index (χ4v) is 1.88. The molecule has 0 unspecified atom stereocenters. The van der Waals surface area contributed by atoms with Crippen molar-refractivity contribution >= 4 is 12.0 Å². The minimum Gasteiger partial charge on any atom is -0.465 e. The maximum atomic E-state index is 12.0. The van der Waals surface area contributed by atoms with Gasteiger partial charge in [0.1, 0.15) is 5.76 Å². The molecule has 1 aromatic heterocycles. The van der Waals surface area contributed by atoms with E-state index >= 15 is 0 Å². The Kier molecular flexibility index (Phi) is 6.26. The number of likely N-dealkylation sites (N-methyl/N-ethyl adjacent to an activating group) is 1. The summed E-state index contributed by atoms with van der Waals surface area (Å²) in [5, 5.41) is 0. The monoisotopic (exact) mass is 249 g/mol. The topological polar surface area (TPSA) is 33.5 Å². The second kappa shape index (κ2) is 7.75. The summed E-state index contributed by atoms with van der Waals surface area (Å²) >= 11 is 0. The first-order valence-corrected chi connectivity index (χ1v) is 6.71. The molecule has 0 aliphatic rings. The number of carbonyl (C=O) groups excluding carboxylic acids is 1. The highest BCUT2D eigenvalue weighted by Crippen LogP contribution is 2.11. The predicted molar refractivity (Wildman–Crippen MR) is 74.1 cm³/mol. The van der Waals surface area contributed by atoms with Crippen LogP contribution in [0.15, 0.2) is 28.9 Å². The van der Waals surface area contributed by atoms with E-state index < -0.39 is 0 Å². The molecule has 0 fully saturated rings. The summed E-state index contributed by atoms with van der Waals surface area (Å²) in [5.41, 5.74) is 0. The Morgan fingerprint density at radius 3 is 2.61 bits per heavy atom. The fraction of sp³-hybridized carbons (Fsp3) is 0.533. The van der Waals surface area contributed by atoms with Gasteiger partial charge in [-0.15, -0.1) is 0 Å². The number of furan rings is 1. The molecule has 0 aliphatic carbocycles. The molecule has 0 N–H and O–H groups in total. The van der Waals surface area contributed by atoms with Gasteiger partial charge < -0.3 is 9.32 Å². The minimum absolute atomic E-state index is 0.0563. The van der Waals surface area contributed by atoms with Gasteiger partial charge in [-0.3, -0.25) is 4.79 Å². The van der Waals surface area contributed by atoms with Crippen molar-refractivity contribution in [1.82, 2.24) is 4.90 Å². The summed E-state index contributed by atoms with van der Waals surface area (Å²) in [5.74, 6) is 1.36. The first-order chi connectivity index (χ1) is 8.71. The number of carbonyl (C=O) groups is 1. The van der Waals surface area contributed by atoms with Crippen LogP contribution in [0.3, 0.4) is 0 Å². The van der Waals surface area contributed by atoms with Crippen molar-refractivity contribution in [2.75, 3.05) is 13.1 Å². The second-order valence-corrected chi connectivity index (χ2v) is 4.41. The van der Waals surface area contributed by atoms with Crippen LogP contribution in [0.4, 0.5) is 0 Å². The molecule has 0 aromatic carbocycles. The Bertz CT molecular complexity index is 364. The molecule has 1 aromatic rings. The highest BCUT2D eigenvalue weighted by molar-refractivity contribution is 5.91. The van der Waals surface area contributed by atoms with Crippen molar-refractivity contribution in [2.45, 2.75) is 33.6 Å². The van der Waals surface area contributed by atoms with Crippen LogP contribution in [0.25, 0.3) is 6.08 Å². The number of hydrogen-bond donors (Lipinski definition) is 0. The summed E-state index contributed by atoms with van der Waals surface area (Å²) in [6, 6.07) is 3.65. The fourth-order valence-electron chi connectivity index (χ4n) is 1.88. The van der Waals surface area contributed by atoms with E-state index in [0.29, 0.717) is 11.7 Å². The molecule has 0 radical (unpaired) electrons. The summed E-state index contributed by atoms with van der Waals surface area (Å²) in [4.78, 5) is 13.9. The van der Waals surface area contributed by atoms with E-state index in [-0.39, 0.29) is 5.91 Å². The van der Waals surface area contributed by atoms with Crippen LogP contribution >= 0.6 is 0 Å². The zero-order valence-electron chi connectivity index (χ0n) is 11.6. The van der Waals surface area contributed by atoms with Gasteiger partial charge in [0.15, 0.2) is 0 Å². The van der Waals surface area contributed by atoms with Gasteiger partial charge >= 0.3 is 0 Å². The predicted octanol–water partition coefficient (Wildman–Crippen LogP) is 3.58. The molecule has 100 valence electrons. The van der Waals surface area contributed by atoms with Crippen LogP contribution in [0.2, 0.25) is 0 Å². The first kappa shape index (κ1) is 14.6. The van der Waals surface area contributed by atoms with Crippen LogP contribution in [-0.2, 0) is 4.79 Å². The molecular formula is C15H23NO2. The SMILES string of the molecule is CCC(CC)CN(CC)C(=O)/C=C/c1ccco1. The Labute approximate surface area is 109 Å². The van der Waals surface area contributed by atoms with Crippen LogP contribution in [0.1, 0.15) is 39.4 Å². The smallest absolute Gasteiger partial charge is 0.246 e. The number of nitrogens with zero attached hydrogens (tertiary/aromatic N) is 1. The molecule has 0 saturated heterocycles. The molecule has 0 bridgehead atoms. The molecule has 18 heavy (non-hydrogen) atoms. The standard InChI is InChI=1S/C15H23NO2/c1-4-13(5-2)12-16(6-3)15(17)10-9-14-8-7-11-18-14/h7-11,13H,4-6,12H2,1-3H3/b10-9+. The molecule has 0 spiro atoms. The van der Waals surface area contributed by atoms with Gasteiger partial charge in [-0.1, -0.05) is 26.7 Å². The molecule has 3 nitrogen and oxygen atoms in total. The number of hydrogen-bond acceptors (Lipinski definition) is 2. The van der Waals surface area contributed by atoms with Gasteiger partial charge in [0, 0.05) is 19.2 Å². The number of rotatable bonds is 7. The molecule has 0 atom stereocenters. The van der Waals surface area contributed by atoms with Crippen molar-refractivity contribution in [1.29, 1.82) is 0 Å². The third-order valence-electron chi connectivity index (χ3n) is 3.26. The summed E-state index contributed by atoms with van der Waals surface area (Å²) < 4.78 is 5.16. The van der Waals surface area contributed by atoms with Crippen molar-refractivity contribution in [3.63, 3.8) is 0 Å². The molecule has 1 amide bonds. The van der Waals surface area contributed by atoms with Crippen molar-refractivity contribution in [2.24, 2.45) is 5.92 Å². The van der Waals surface area contributed by atoms with Gasteiger partial charge in [-0.2, -0.15) is 0 Å². The zero-order valence-corrected chi connectivity index (χ0v) is 11.6. The summed E-state index contributed by atoms with van der Waals surface area (Å²) in [7, 11) is 0. The van der Waals surface area contributed by atoms with Crippen LogP contribution in [-0.4, -0.2) is 23.9 Å². The quantitative estimate of drug-likeness (QED) is 0.692. The maximum Gasteiger partial charge on any atom is 0.246 e. The largest absolute Gasteiger partial charge is 0.465 e. The molecule has 0 aliphatic heterocycles. The summed E-state index contributed by atoms with van der Waals surface area (Å²) in [6.45, 7) is 7.94. The lowest BCUT2D eigenvalue weighted by atomic mass is 10.0. The Balaban J connectivity index is 2.56. The molecular weight excluding hydrogens is 226 g/mol. The molecule has 0 saturated carbocycles. The lowest BCUT2D eigenvalue weighted by molar-refractivity contribution is -0.126. The number of amides is 1. The van der Waals surface area contributed by atoms with Gasteiger partial charge in [0.25, 0.3) is 0 Å². The van der Waals surface area contributed by atoms with Crippen LogP contribution in [0, 0.1) is 5.92 Å². The van der Waals surface area contributed by atoms with E-state index in [1.807, 2.05) is 24.0 Å². The third kappa shape index (κ3) is 4.40. The average molecular weight is 249 g/mol. The minimum atomic E-state index is 0.0563. The van der Waals surface area contributed by atoms with Crippen LogP contribution < -0.4 is 0 Å². The van der Waals surface area contributed by atoms with E-state index in [1.165, 1.54) is 0 Å². The van der Waals surface area contributed by atoms with E-state index in [4.69, 9.17) is 4.42 Å². The normalized spacial score (nSPS) is 11.3.